The van der Waals surface area contributed by atoms with Gasteiger partial charge in [0.15, 0.2) is 0 Å². The summed E-state index contributed by atoms with van der Waals surface area (Å²) in [5.41, 5.74) is 2.91. The minimum absolute atomic E-state index is 0.200. The van der Waals surface area contributed by atoms with Gasteiger partial charge in [-0.1, -0.05) is 17.7 Å². The van der Waals surface area contributed by atoms with Gasteiger partial charge in [-0.3, -0.25) is 4.79 Å². The van der Waals surface area contributed by atoms with Gasteiger partial charge >= 0.3 is 0 Å². The highest BCUT2D eigenvalue weighted by molar-refractivity contribution is 9.10. The quantitative estimate of drug-likeness (QED) is 0.826. The minimum atomic E-state index is -0.200. The molecule has 0 saturated carbocycles. The topological polar surface area (TPSA) is 42.0 Å². The van der Waals surface area contributed by atoms with E-state index in [2.05, 4.69) is 26.2 Å². The summed E-state index contributed by atoms with van der Waals surface area (Å²) in [6.45, 7) is 3.73. The number of anilines is 1. The SMILES string of the molecule is Cc1ccc(C(=O)Nc2ccc(Br)nc2C)cc1Cl. The van der Waals surface area contributed by atoms with E-state index < -0.39 is 0 Å². The highest BCUT2D eigenvalue weighted by atomic mass is 79.9. The summed E-state index contributed by atoms with van der Waals surface area (Å²) in [5, 5.41) is 3.40. The van der Waals surface area contributed by atoms with Crippen LogP contribution in [0.5, 0.6) is 0 Å². The monoisotopic (exact) mass is 338 g/mol. The van der Waals surface area contributed by atoms with E-state index in [1.54, 1.807) is 24.3 Å². The molecule has 1 heterocycles. The van der Waals surface area contributed by atoms with Crippen LogP contribution in [-0.4, -0.2) is 10.9 Å². The van der Waals surface area contributed by atoms with E-state index in [4.69, 9.17) is 11.6 Å². The predicted octanol–water partition coefficient (Wildman–Crippen LogP) is 4.37. The number of hydrogen-bond acceptors (Lipinski definition) is 2. The van der Waals surface area contributed by atoms with E-state index in [-0.39, 0.29) is 5.91 Å². The molecule has 0 spiro atoms. The van der Waals surface area contributed by atoms with Crippen molar-refractivity contribution in [2.24, 2.45) is 0 Å². The fraction of sp³-hybridized carbons (Fsp3) is 0.143. The lowest BCUT2D eigenvalue weighted by Crippen LogP contribution is -2.13. The van der Waals surface area contributed by atoms with Gasteiger partial charge in [-0.25, -0.2) is 4.98 Å². The highest BCUT2D eigenvalue weighted by Gasteiger charge is 2.09. The van der Waals surface area contributed by atoms with Crippen molar-refractivity contribution < 1.29 is 4.79 Å². The van der Waals surface area contributed by atoms with Crippen LogP contribution in [0, 0.1) is 13.8 Å². The number of aromatic nitrogens is 1. The molecule has 0 fully saturated rings. The molecule has 0 aliphatic heterocycles. The lowest BCUT2D eigenvalue weighted by atomic mass is 10.1. The van der Waals surface area contributed by atoms with E-state index in [9.17, 15) is 4.79 Å². The first kappa shape index (κ1) is 14.0. The van der Waals surface area contributed by atoms with Gasteiger partial charge in [-0.2, -0.15) is 0 Å². The van der Waals surface area contributed by atoms with Gasteiger partial charge in [0.25, 0.3) is 5.91 Å². The van der Waals surface area contributed by atoms with Crippen LogP contribution in [0.2, 0.25) is 5.02 Å². The first-order valence-electron chi connectivity index (χ1n) is 5.68. The molecule has 2 rings (SSSR count). The third-order valence-corrected chi connectivity index (χ3v) is 3.58. The number of pyridine rings is 1. The molecule has 0 atom stereocenters. The maximum atomic E-state index is 12.1. The Kier molecular flexibility index (Phi) is 4.22. The number of nitrogens with zero attached hydrogens (tertiary/aromatic N) is 1. The second-order valence-corrected chi connectivity index (χ2v) is 5.40. The normalized spacial score (nSPS) is 10.3. The molecule has 1 aromatic heterocycles. The molecule has 1 aromatic carbocycles. The zero-order chi connectivity index (χ0) is 14.0. The van der Waals surface area contributed by atoms with Crippen molar-refractivity contribution in [2.45, 2.75) is 13.8 Å². The molecule has 0 aliphatic carbocycles. The fourth-order valence-corrected chi connectivity index (χ4v) is 2.17. The van der Waals surface area contributed by atoms with Crippen molar-refractivity contribution in [1.29, 1.82) is 0 Å². The number of halogens is 2. The average Bonchev–Trinajstić information content (AvgIpc) is 2.36. The molecule has 1 N–H and O–H groups in total. The molecule has 2 aromatic rings. The van der Waals surface area contributed by atoms with Gasteiger partial charge in [-0.15, -0.1) is 0 Å². The Bertz CT molecular complexity index is 643. The van der Waals surface area contributed by atoms with Crippen LogP contribution in [0.1, 0.15) is 21.6 Å². The zero-order valence-electron chi connectivity index (χ0n) is 10.5. The van der Waals surface area contributed by atoms with Gasteiger partial charge in [0, 0.05) is 10.6 Å². The van der Waals surface area contributed by atoms with Crippen molar-refractivity contribution in [3.8, 4) is 0 Å². The van der Waals surface area contributed by atoms with Crippen LogP contribution in [0.15, 0.2) is 34.9 Å². The van der Waals surface area contributed by atoms with Gasteiger partial charge < -0.3 is 5.32 Å². The Morgan fingerprint density at radius 1 is 1.26 bits per heavy atom. The Morgan fingerprint density at radius 2 is 2.00 bits per heavy atom. The largest absolute Gasteiger partial charge is 0.320 e. The summed E-state index contributed by atoms with van der Waals surface area (Å²) in [4.78, 5) is 16.3. The van der Waals surface area contributed by atoms with Gasteiger partial charge in [0.05, 0.1) is 11.4 Å². The molecule has 0 bridgehead atoms. The smallest absolute Gasteiger partial charge is 0.255 e. The summed E-state index contributed by atoms with van der Waals surface area (Å²) in [6.07, 6.45) is 0. The number of benzene rings is 1. The first-order chi connectivity index (χ1) is 8.97. The summed E-state index contributed by atoms with van der Waals surface area (Å²) < 4.78 is 0.737. The molecule has 3 nitrogen and oxygen atoms in total. The van der Waals surface area contributed by atoms with E-state index in [1.165, 1.54) is 0 Å². The van der Waals surface area contributed by atoms with Crippen LogP contribution in [-0.2, 0) is 0 Å². The van der Waals surface area contributed by atoms with Gasteiger partial charge in [0.1, 0.15) is 4.60 Å². The number of rotatable bonds is 2. The minimum Gasteiger partial charge on any atom is -0.320 e. The first-order valence-corrected chi connectivity index (χ1v) is 6.85. The van der Waals surface area contributed by atoms with E-state index in [1.807, 2.05) is 19.9 Å². The molecule has 0 radical (unpaired) electrons. The molecule has 98 valence electrons. The third kappa shape index (κ3) is 3.33. The highest BCUT2D eigenvalue weighted by Crippen LogP contribution is 2.20. The number of aryl methyl sites for hydroxylation is 2. The van der Waals surface area contributed by atoms with Crippen LogP contribution >= 0.6 is 27.5 Å². The zero-order valence-corrected chi connectivity index (χ0v) is 12.8. The fourth-order valence-electron chi connectivity index (χ4n) is 1.59. The van der Waals surface area contributed by atoms with Gasteiger partial charge in [-0.05, 0) is 59.6 Å². The molecule has 5 heteroatoms. The van der Waals surface area contributed by atoms with Crippen molar-refractivity contribution in [3.05, 3.63) is 56.8 Å². The Balaban J connectivity index is 2.23. The molecule has 0 saturated heterocycles. The lowest BCUT2D eigenvalue weighted by Gasteiger charge is -2.08. The third-order valence-electron chi connectivity index (χ3n) is 2.73. The Labute approximate surface area is 125 Å². The molecule has 0 aliphatic rings. The van der Waals surface area contributed by atoms with Crippen molar-refractivity contribution in [1.82, 2.24) is 4.98 Å². The van der Waals surface area contributed by atoms with E-state index in [0.29, 0.717) is 16.3 Å². The second kappa shape index (κ2) is 5.72. The molecule has 1 amide bonds. The Morgan fingerprint density at radius 3 is 2.63 bits per heavy atom. The molecule has 0 unspecified atom stereocenters. The van der Waals surface area contributed by atoms with Crippen LogP contribution in [0.4, 0.5) is 5.69 Å². The molecular formula is C14H12BrClN2O. The molecule has 19 heavy (non-hydrogen) atoms. The second-order valence-electron chi connectivity index (χ2n) is 4.19. The predicted molar refractivity (Wildman–Crippen MR) is 80.8 cm³/mol. The summed E-state index contributed by atoms with van der Waals surface area (Å²) in [5.74, 6) is -0.200. The number of carbonyl (C=O) groups is 1. The van der Waals surface area contributed by atoms with E-state index >= 15 is 0 Å². The van der Waals surface area contributed by atoms with Crippen molar-refractivity contribution in [2.75, 3.05) is 5.32 Å². The standard InChI is InChI=1S/C14H12BrClN2O/c1-8-3-4-10(7-11(8)16)14(19)18-12-5-6-13(15)17-9(12)2/h3-7H,1-2H3,(H,18,19). The summed E-state index contributed by atoms with van der Waals surface area (Å²) >= 11 is 9.30. The maximum Gasteiger partial charge on any atom is 0.255 e. The number of nitrogens with one attached hydrogen (secondary N) is 1. The summed E-state index contributed by atoms with van der Waals surface area (Å²) in [7, 11) is 0. The lowest BCUT2D eigenvalue weighted by molar-refractivity contribution is 0.102. The van der Waals surface area contributed by atoms with Crippen LogP contribution in [0.3, 0.4) is 0 Å². The molecular weight excluding hydrogens is 328 g/mol. The van der Waals surface area contributed by atoms with Crippen LogP contribution in [0.25, 0.3) is 0 Å². The van der Waals surface area contributed by atoms with E-state index in [0.717, 1.165) is 15.9 Å². The van der Waals surface area contributed by atoms with Crippen molar-refractivity contribution in [3.63, 3.8) is 0 Å². The van der Waals surface area contributed by atoms with Crippen molar-refractivity contribution >= 4 is 39.1 Å². The number of hydrogen-bond donors (Lipinski definition) is 1. The van der Waals surface area contributed by atoms with Gasteiger partial charge in [0.2, 0.25) is 0 Å². The Hall–Kier alpha value is -1.39. The number of amides is 1. The summed E-state index contributed by atoms with van der Waals surface area (Å²) in [6, 6.07) is 8.82. The average molecular weight is 340 g/mol. The van der Waals surface area contributed by atoms with Crippen LogP contribution < -0.4 is 5.32 Å². The maximum absolute atomic E-state index is 12.1. The number of carbonyl (C=O) groups excluding carboxylic acids is 1.